The summed E-state index contributed by atoms with van der Waals surface area (Å²) in [6, 6.07) is 6.48. The third-order valence-electron chi connectivity index (χ3n) is 5.83. The van der Waals surface area contributed by atoms with E-state index in [-0.39, 0.29) is 23.4 Å². The van der Waals surface area contributed by atoms with E-state index < -0.39 is 5.97 Å². The van der Waals surface area contributed by atoms with Crippen molar-refractivity contribution in [2.45, 2.75) is 104 Å². The van der Waals surface area contributed by atoms with Crippen molar-refractivity contribution in [2.24, 2.45) is 0 Å². The van der Waals surface area contributed by atoms with Gasteiger partial charge >= 0.3 is 5.97 Å². The Hall–Kier alpha value is -1.51. The molecule has 0 fully saturated rings. The van der Waals surface area contributed by atoms with Crippen molar-refractivity contribution in [3.63, 3.8) is 0 Å². The van der Waals surface area contributed by atoms with Crippen molar-refractivity contribution in [1.82, 2.24) is 0 Å². The Morgan fingerprint density at radius 3 is 2.19 bits per heavy atom. The van der Waals surface area contributed by atoms with Crippen molar-refractivity contribution < 1.29 is 14.6 Å². The third kappa shape index (κ3) is 6.03. The molecule has 0 saturated heterocycles. The van der Waals surface area contributed by atoms with E-state index in [4.69, 9.17) is 4.74 Å². The molecule has 0 saturated carbocycles. The van der Waals surface area contributed by atoms with E-state index >= 15 is 0 Å². The minimum atomic E-state index is -0.800. The number of ether oxygens (including phenoxy) is 1. The molecule has 0 heterocycles. The number of aliphatic carboxylic acids is 1. The molecule has 1 aromatic carbocycles. The van der Waals surface area contributed by atoms with Crippen LogP contribution in [0.2, 0.25) is 0 Å². The number of hydrogen-bond acceptors (Lipinski definition) is 2. The number of rotatable bonds is 11. The normalized spacial score (nSPS) is 13.5. The van der Waals surface area contributed by atoms with Gasteiger partial charge in [0.25, 0.3) is 0 Å². The molecule has 0 spiro atoms. The van der Waals surface area contributed by atoms with Crippen LogP contribution in [0.1, 0.15) is 98.1 Å². The molecular weight excluding hydrogens is 324 g/mol. The Labute approximate surface area is 160 Å². The second-order valence-electron chi connectivity index (χ2n) is 8.67. The smallest absolute Gasteiger partial charge is 0.307 e. The molecule has 0 radical (unpaired) electrons. The van der Waals surface area contributed by atoms with Gasteiger partial charge in [0.05, 0.1) is 6.42 Å². The van der Waals surface area contributed by atoms with Crippen LogP contribution in [0.3, 0.4) is 0 Å². The van der Waals surface area contributed by atoms with Crippen LogP contribution >= 0.6 is 0 Å². The largest absolute Gasteiger partial charge is 0.490 e. The van der Waals surface area contributed by atoms with Crippen molar-refractivity contribution in [1.29, 1.82) is 0 Å². The quantitative estimate of drug-likeness (QED) is 0.490. The fraction of sp³-hybridized carbons (Fsp3) is 0.696. The van der Waals surface area contributed by atoms with Gasteiger partial charge in [0.1, 0.15) is 11.9 Å². The lowest BCUT2D eigenvalue weighted by atomic mass is 9.76. The molecule has 148 valence electrons. The molecule has 0 aliphatic carbocycles. The lowest BCUT2D eigenvalue weighted by Crippen LogP contribution is -2.25. The fourth-order valence-electron chi connectivity index (χ4n) is 2.99. The van der Waals surface area contributed by atoms with Crippen molar-refractivity contribution >= 4 is 5.97 Å². The van der Waals surface area contributed by atoms with Crippen LogP contribution in [0, 0.1) is 0 Å². The fourth-order valence-corrected chi connectivity index (χ4v) is 2.99. The second kappa shape index (κ2) is 9.43. The zero-order valence-electron chi connectivity index (χ0n) is 17.8. The van der Waals surface area contributed by atoms with E-state index in [0.717, 1.165) is 37.9 Å². The van der Waals surface area contributed by atoms with Crippen LogP contribution in [0.15, 0.2) is 18.2 Å². The summed E-state index contributed by atoms with van der Waals surface area (Å²) in [6.45, 7) is 15.5. The van der Waals surface area contributed by atoms with E-state index in [1.807, 2.05) is 0 Å². The first-order chi connectivity index (χ1) is 12.1. The summed E-state index contributed by atoms with van der Waals surface area (Å²) in [5, 5.41) is 9.24. The van der Waals surface area contributed by atoms with Gasteiger partial charge in [-0.05, 0) is 41.7 Å². The molecule has 1 rings (SSSR count). The van der Waals surface area contributed by atoms with Gasteiger partial charge in [-0.3, -0.25) is 4.79 Å². The molecule has 3 heteroatoms. The number of carboxylic acid groups (broad SMARTS) is 1. The first-order valence-corrected chi connectivity index (χ1v) is 10.1. The number of hydrogen-bond donors (Lipinski definition) is 1. The van der Waals surface area contributed by atoms with Crippen LogP contribution in [-0.2, 0) is 15.6 Å². The van der Waals surface area contributed by atoms with E-state index in [1.54, 1.807) is 0 Å². The highest BCUT2D eigenvalue weighted by Gasteiger charge is 2.28. The van der Waals surface area contributed by atoms with Gasteiger partial charge < -0.3 is 9.84 Å². The van der Waals surface area contributed by atoms with E-state index in [0.29, 0.717) is 0 Å². The summed E-state index contributed by atoms with van der Waals surface area (Å²) >= 11 is 0. The Balaban J connectivity index is 3.29. The van der Waals surface area contributed by atoms with Gasteiger partial charge in [0.2, 0.25) is 0 Å². The molecule has 26 heavy (non-hydrogen) atoms. The summed E-state index contributed by atoms with van der Waals surface area (Å²) in [5.74, 6) is 0.0426. The Kier molecular flexibility index (Phi) is 8.17. The summed E-state index contributed by atoms with van der Waals surface area (Å²) in [7, 11) is 0. The Morgan fingerprint density at radius 2 is 1.69 bits per heavy atom. The van der Waals surface area contributed by atoms with E-state index in [9.17, 15) is 9.90 Å². The van der Waals surface area contributed by atoms with Crippen molar-refractivity contribution in [3.8, 4) is 5.75 Å². The van der Waals surface area contributed by atoms with Crippen LogP contribution in [0.5, 0.6) is 5.75 Å². The summed E-state index contributed by atoms with van der Waals surface area (Å²) < 4.78 is 6.27. The number of benzene rings is 1. The summed E-state index contributed by atoms with van der Waals surface area (Å²) in [4.78, 5) is 11.2. The minimum absolute atomic E-state index is 0.0201. The number of carbonyl (C=O) groups is 1. The number of unbranched alkanes of at least 4 members (excludes halogenated alkanes) is 1. The molecule has 0 aromatic heterocycles. The monoisotopic (exact) mass is 362 g/mol. The average molecular weight is 363 g/mol. The van der Waals surface area contributed by atoms with Crippen LogP contribution in [-0.4, -0.2) is 17.2 Å². The van der Waals surface area contributed by atoms with Crippen molar-refractivity contribution in [2.75, 3.05) is 0 Å². The highest BCUT2D eigenvalue weighted by atomic mass is 16.5. The zero-order chi connectivity index (χ0) is 20.0. The first kappa shape index (κ1) is 22.5. The molecule has 1 unspecified atom stereocenters. The maximum atomic E-state index is 11.2. The number of carboxylic acids is 1. The topological polar surface area (TPSA) is 46.5 Å². The molecule has 3 nitrogen and oxygen atoms in total. The highest BCUT2D eigenvalue weighted by Crippen LogP contribution is 2.39. The minimum Gasteiger partial charge on any atom is -0.490 e. The molecule has 1 atom stereocenters. The third-order valence-corrected chi connectivity index (χ3v) is 5.83. The average Bonchev–Trinajstić information content (AvgIpc) is 2.59. The van der Waals surface area contributed by atoms with Gasteiger partial charge in [0, 0.05) is 5.56 Å². The van der Waals surface area contributed by atoms with Crippen LogP contribution in [0.4, 0.5) is 0 Å². The van der Waals surface area contributed by atoms with Gasteiger partial charge in [-0.15, -0.1) is 0 Å². The van der Waals surface area contributed by atoms with Crippen LogP contribution < -0.4 is 4.74 Å². The Bertz CT molecular complexity index is 587. The highest BCUT2D eigenvalue weighted by molar-refractivity contribution is 5.67. The molecule has 0 amide bonds. The maximum absolute atomic E-state index is 11.2. The van der Waals surface area contributed by atoms with Gasteiger partial charge in [-0.25, -0.2) is 0 Å². The molecule has 0 aliphatic rings. The zero-order valence-corrected chi connectivity index (χ0v) is 17.8. The lowest BCUT2D eigenvalue weighted by molar-refractivity contribution is -0.138. The molecule has 0 aliphatic heterocycles. The second-order valence-corrected chi connectivity index (χ2v) is 8.67. The van der Waals surface area contributed by atoms with Gasteiger partial charge in [-0.1, -0.05) is 73.4 Å². The molecule has 0 bridgehead atoms. The van der Waals surface area contributed by atoms with E-state index in [1.165, 1.54) is 11.1 Å². The molecule has 1 aromatic rings. The van der Waals surface area contributed by atoms with Crippen LogP contribution in [0.25, 0.3) is 0 Å². The maximum Gasteiger partial charge on any atom is 0.307 e. The predicted molar refractivity (Wildman–Crippen MR) is 109 cm³/mol. The van der Waals surface area contributed by atoms with Gasteiger partial charge in [-0.2, -0.15) is 0 Å². The summed E-state index contributed by atoms with van der Waals surface area (Å²) in [6.07, 6.45) is 4.63. The van der Waals surface area contributed by atoms with Gasteiger partial charge in [0.15, 0.2) is 0 Å². The molecule has 1 N–H and O–H groups in total. The SMILES string of the molecule is CCCCC(CC(=O)O)Oc1ccc(C(C)(C)CC)cc1C(C)(C)CC. The predicted octanol–water partition coefficient (Wildman–Crippen LogP) is 6.47. The standard InChI is InChI=1S/C23H38O3/c1-8-11-12-18(16-21(24)25)26-20-14-13-17(22(4,5)9-2)15-19(20)23(6,7)10-3/h13-15,18H,8-12,16H2,1-7H3,(H,24,25). The van der Waals surface area contributed by atoms with E-state index in [2.05, 4.69) is 66.7 Å². The first-order valence-electron chi connectivity index (χ1n) is 10.1. The summed E-state index contributed by atoms with van der Waals surface area (Å²) in [5.41, 5.74) is 2.59. The van der Waals surface area contributed by atoms with Crippen molar-refractivity contribution in [3.05, 3.63) is 29.3 Å². The Morgan fingerprint density at radius 1 is 1.08 bits per heavy atom. The molecular formula is C23H38O3. The lowest BCUT2D eigenvalue weighted by Gasteiger charge is -2.31.